The molecule has 2 heterocycles. The van der Waals surface area contributed by atoms with Crippen LogP contribution in [0.1, 0.15) is 67.6 Å². The van der Waals surface area contributed by atoms with Gasteiger partial charge in [-0.3, -0.25) is 28.8 Å². The van der Waals surface area contributed by atoms with Gasteiger partial charge in [-0.05, 0) is 86.1 Å². The van der Waals surface area contributed by atoms with Crippen LogP contribution in [-0.2, 0) is 44.7 Å². The lowest BCUT2D eigenvalue weighted by atomic mass is 9.44. The normalized spacial score (nSPS) is 34.3. The standard InChI is InChI=1S/C42H46BrF2N3O11S/c1-39-11-10-23(50)14-27(39)28(44)15-26-25-16-33-42(32(52)20-49,40(25,2)17-31(51)41(26,39)45)59-38(58-33)30-8-6-24(60-30)13-21-4-3-5-22(12-21)47-37(57)29(7-9-36(55)56)48-35(54)19-46-34(53)18-43/h3-6,8,10-12,14,25-26,28-29,31,33,38,49,51H,7,9,13,15-20H2,1-2H3,(H,46,53)(H,47,57)(H,48,54)(H,55,56)/t25-,26-,28-,29-,31-,33+,38+,39-,40-,41-,42+/m0/s1. The number of anilines is 1. The fourth-order valence-corrected chi connectivity index (χ4v) is 11.7. The molecule has 0 bridgehead atoms. The Hall–Kier alpha value is -4.20. The topological polar surface area (TPSA) is 218 Å². The minimum Gasteiger partial charge on any atom is -0.481 e. The first-order valence-electron chi connectivity index (χ1n) is 19.7. The highest BCUT2D eigenvalue weighted by atomic mass is 79.9. The molecule has 1 aromatic carbocycles. The predicted molar refractivity (Wildman–Crippen MR) is 215 cm³/mol. The number of alkyl halides is 3. The summed E-state index contributed by atoms with van der Waals surface area (Å²) in [5.74, 6) is -5.80. The number of aliphatic hydroxyl groups excluding tert-OH is 2. The first-order chi connectivity index (χ1) is 28.4. The lowest BCUT2D eigenvalue weighted by Gasteiger charge is -2.63. The van der Waals surface area contributed by atoms with Gasteiger partial charge in [0, 0.05) is 40.2 Å². The molecule has 11 atom stereocenters. The first-order valence-corrected chi connectivity index (χ1v) is 21.6. The summed E-state index contributed by atoms with van der Waals surface area (Å²) >= 11 is 4.32. The van der Waals surface area contributed by atoms with Crippen LogP contribution >= 0.6 is 27.3 Å². The van der Waals surface area contributed by atoms with E-state index < -0.39 is 119 Å². The summed E-state index contributed by atoms with van der Waals surface area (Å²) < 4.78 is 46.8. The Morgan fingerprint density at radius 3 is 2.57 bits per heavy atom. The maximum absolute atomic E-state index is 17.7. The van der Waals surface area contributed by atoms with Crippen LogP contribution in [0.25, 0.3) is 0 Å². The van der Waals surface area contributed by atoms with E-state index >= 15 is 8.78 Å². The second-order valence-electron chi connectivity index (χ2n) is 16.6. The molecule has 7 rings (SSSR count). The Balaban J connectivity index is 1.06. The van der Waals surface area contributed by atoms with Crippen LogP contribution in [0, 0.1) is 22.7 Å². The number of ketones is 2. The molecule has 4 aliphatic carbocycles. The lowest BCUT2D eigenvalue weighted by Crippen LogP contribution is -2.70. The molecule has 3 saturated carbocycles. The summed E-state index contributed by atoms with van der Waals surface area (Å²) in [6.07, 6.45) is -2.29. The van der Waals surface area contributed by atoms with Gasteiger partial charge in [0.25, 0.3) is 0 Å². The lowest BCUT2D eigenvalue weighted by molar-refractivity contribution is -0.234. The van der Waals surface area contributed by atoms with E-state index in [9.17, 15) is 44.1 Å². The van der Waals surface area contributed by atoms with Crippen molar-refractivity contribution in [2.75, 3.05) is 23.8 Å². The number of allylic oxidation sites excluding steroid dienone is 4. The highest BCUT2D eigenvalue weighted by molar-refractivity contribution is 9.09. The molecular weight excluding hydrogens is 872 g/mol. The largest absolute Gasteiger partial charge is 0.481 e. The van der Waals surface area contributed by atoms with Gasteiger partial charge in [0.05, 0.1) is 29.0 Å². The van der Waals surface area contributed by atoms with Crippen LogP contribution in [0.2, 0.25) is 0 Å². The molecule has 2 aromatic rings. The molecule has 4 fully saturated rings. The number of Topliss-reactive ketones (excluding diaryl/α,β-unsaturated/α-hetero) is 1. The van der Waals surface area contributed by atoms with Crippen LogP contribution in [-0.4, -0.2) is 105 Å². The van der Waals surface area contributed by atoms with Crippen molar-refractivity contribution in [2.45, 2.75) is 94.4 Å². The van der Waals surface area contributed by atoms with Gasteiger partial charge in [0.1, 0.15) is 18.8 Å². The van der Waals surface area contributed by atoms with Crippen LogP contribution in [0.4, 0.5) is 14.5 Å². The van der Waals surface area contributed by atoms with Gasteiger partial charge in [-0.2, -0.15) is 0 Å². The van der Waals surface area contributed by atoms with Crippen molar-refractivity contribution in [3.63, 3.8) is 0 Å². The summed E-state index contributed by atoms with van der Waals surface area (Å²) in [7, 11) is 0. The second-order valence-corrected chi connectivity index (χ2v) is 18.4. The van der Waals surface area contributed by atoms with Crippen molar-refractivity contribution in [2.24, 2.45) is 22.7 Å². The van der Waals surface area contributed by atoms with Crippen molar-refractivity contribution in [3.05, 3.63) is 75.5 Å². The number of carboxylic acid groups (broad SMARTS) is 1. The fraction of sp³-hybridized carbons (Fsp3) is 0.524. The molecule has 0 radical (unpaired) electrons. The number of rotatable bonds is 14. The molecule has 0 unspecified atom stereocenters. The average Bonchev–Trinajstić information content (AvgIpc) is 3.90. The Morgan fingerprint density at radius 1 is 1.08 bits per heavy atom. The van der Waals surface area contributed by atoms with Crippen molar-refractivity contribution >= 4 is 68.2 Å². The van der Waals surface area contributed by atoms with Crippen molar-refractivity contribution in [1.82, 2.24) is 10.6 Å². The number of fused-ring (bicyclic) bond motifs is 7. The number of nitrogens with one attached hydrogen (secondary N) is 3. The number of benzene rings is 1. The molecular formula is C42H46BrF2N3O11S. The second kappa shape index (κ2) is 16.6. The number of aliphatic carboxylic acids is 1. The number of amides is 3. The average molecular weight is 919 g/mol. The van der Waals surface area contributed by atoms with Crippen LogP contribution in [0.5, 0.6) is 0 Å². The molecule has 0 spiro atoms. The molecule has 1 aliphatic heterocycles. The highest BCUT2D eigenvalue weighted by Gasteiger charge is 2.80. The van der Waals surface area contributed by atoms with Crippen LogP contribution < -0.4 is 16.0 Å². The minimum absolute atomic E-state index is 0.00868. The Labute approximate surface area is 356 Å². The molecule has 1 saturated heterocycles. The zero-order chi connectivity index (χ0) is 43.4. The van der Waals surface area contributed by atoms with E-state index in [-0.39, 0.29) is 36.6 Å². The number of ether oxygens (including phenoxy) is 2. The van der Waals surface area contributed by atoms with Gasteiger partial charge in [0.15, 0.2) is 29.1 Å². The van der Waals surface area contributed by atoms with E-state index in [4.69, 9.17) is 9.47 Å². The maximum Gasteiger partial charge on any atom is 0.303 e. The van der Waals surface area contributed by atoms with Gasteiger partial charge in [-0.25, -0.2) is 8.78 Å². The number of carboxylic acids is 1. The third-order valence-corrected chi connectivity index (χ3v) is 14.9. The number of aliphatic hydroxyl groups is 2. The van der Waals surface area contributed by atoms with Gasteiger partial charge in [0.2, 0.25) is 17.7 Å². The zero-order valence-corrected chi connectivity index (χ0v) is 35.2. The van der Waals surface area contributed by atoms with E-state index in [0.29, 0.717) is 17.0 Å². The number of carbonyl (C=O) groups excluding carboxylic acids is 5. The number of hydrogen-bond acceptors (Lipinski definition) is 11. The zero-order valence-electron chi connectivity index (χ0n) is 32.8. The first kappa shape index (κ1) is 43.9. The molecule has 60 heavy (non-hydrogen) atoms. The SMILES string of the molecule is C[C@]12C=CC(=O)C=C1[C@@H](F)C[C@H]1[C@@H]3C[C@H]4O[C@@H](c5ccc(Cc6cccc(NC(=O)[C@H](CCC(=O)O)NC(=O)CNC(=O)CBr)c6)s5)O[C@@]4(C(=O)CO)[C@@]3(C)C[C@H](O)[C@@]12F. The van der Waals surface area contributed by atoms with E-state index in [1.54, 1.807) is 31.2 Å². The molecule has 14 nitrogen and oxygen atoms in total. The molecule has 1 aromatic heterocycles. The highest BCUT2D eigenvalue weighted by Crippen LogP contribution is 2.72. The third kappa shape index (κ3) is 7.36. The number of hydrogen-bond donors (Lipinski definition) is 6. The van der Waals surface area contributed by atoms with E-state index in [0.717, 1.165) is 16.5 Å². The van der Waals surface area contributed by atoms with Crippen molar-refractivity contribution in [1.29, 1.82) is 0 Å². The maximum atomic E-state index is 17.7. The molecule has 18 heteroatoms. The number of carbonyl (C=O) groups is 6. The van der Waals surface area contributed by atoms with Crippen LogP contribution in [0.15, 0.2) is 60.2 Å². The van der Waals surface area contributed by atoms with E-state index in [1.165, 1.54) is 30.4 Å². The third-order valence-electron chi connectivity index (χ3n) is 13.3. The number of thiophene rings is 1. The smallest absolute Gasteiger partial charge is 0.303 e. The monoisotopic (exact) mass is 917 g/mol. The molecule has 5 aliphatic rings. The van der Waals surface area contributed by atoms with Crippen molar-refractivity contribution in [3.8, 4) is 0 Å². The Kier molecular flexibility index (Phi) is 12.1. The summed E-state index contributed by atoms with van der Waals surface area (Å²) in [4.78, 5) is 76.0. The Morgan fingerprint density at radius 2 is 1.85 bits per heavy atom. The van der Waals surface area contributed by atoms with Crippen LogP contribution in [0.3, 0.4) is 0 Å². The number of halogens is 3. The molecule has 322 valence electrons. The van der Waals surface area contributed by atoms with Crippen molar-refractivity contribution < 1.29 is 62.3 Å². The van der Waals surface area contributed by atoms with Gasteiger partial charge in [-0.1, -0.05) is 41.1 Å². The minimum atomic E-state index is -2.36. The van der Waals surface area contributed by atoms with Gasteiger partial charge in [-0.15, -0.1) is 11.3 Å². The fourth-order valence-electron chi connectivity index (χ4n) is 10.5. The van der Waals surface area contributed by atoms with E-state index in [1.807, 2.05) is 12.1 Å². The van der Waals surface area contributed by atoms with Gasteiger partial charge < -0.3 is 40.7 Å². The summed E-state index contributed by atoms with van der Waals surface area (Å²) in [6.45, 7) is 1.92. The quantitative estimate of drug-likeness (QED) is 0.150. The summed E-state index contributed by atoms with van der Waals surface area (Å²) in [6, 6.07) is 9.35. The molecule has 3 amide bonds. The predicted octanol–water partition coefficient (Wildman–Crippen LogP) is 3.78. The Bertz CT molecular complexity index is 2170. The molecule has 6 N–H and O–H groups in total. The van der Waals surface area contributed by atoms with Gasteiger partial charge >= 0.3 is 5.97 Å². The summed E-state index contributed by atoms with van der Waals surface area (Å²) in [5.41, 5.74) is -5.85. The summed E-state index contributed by atoms with van der Waals surface area (Å²) in [5, 5.41) is 38.8. The van der Waals surface area contributed by atoms with E-state index in [2.05, 4.69) is 31.9 Å².